The summed E-state index contributed by atoms with van der Waals surface area (Å²) in [6.45, 7) is 2.27. The summed E-state index contributed by atoms with van der Waals surface area (Å²) in [5.41, 5.74) is 6.66. The second-order valence-corrected chi connectivity index (χ2v) is 6.28. The first-order valence-electron chi connectivity index (χ1n) is 8.27. The summed E-state index contributed by atoms with van der Waals surface area (Å²) in [5, 5.41) is 5.54. The van der Waals surface area contributed by atoms with Gasteiger partial charge >= 0.3 is 0 Å². The first-order valence-corrected chi connectivity index (χ1v) is 8.27. The number of halogens is 1. The summed E-state index contributed by atoms with van der Waals surface area (Å²) in [4.78, 5) is 12.5. The van der Waals surface area contributed by atoms with Crippen LogP contribution in [0.3, 0.4) is 0 Å². The standard InChI is InChI=1S/C19H24N2O2.ClH/c20-14-19(8-11-23-12-9-19)18(22)21-10-7-15-5-6-16-3-1-2-4-17(16)13-15;/h1-6,13H,7-12,14,20H2,(H,21,22);1H. The molecule has 0 saturated carbocycles. The molecule has 3 rings (SSSR count). The molecule has 24 heavy (non-hydrogen) atoms. The number of carbonyl (C=O) groups excluding carboxylic acids is 1. The molecule has 130 valence electrons. The van der Waals surface area contributed by atoms with Crippen LogP contribution in [0.2, 0.25) is 0 Å². The van der Waals surface area contributed by atoms with E-state index < -0.39 is 5.41 Å². The van der Waals surface area contributed by atoms with Gasteiger partial charge in [0.1, 0.15) is 0 Å². The van der Waals surface area contributed by atoms with Crippen LogP contribution in [0.4, 0.5) is 0 Å². The summed E-state index contributed by atoms with van der Waals surface area (Å²) in [6, 6.07) is 14.8. The normalized spacial score (nSPS) is 16.4. The van der Waals surface area contributed by atoms with Crippen LogP contribution in [0.1, 0.15) is 18.4 Å². The average molecular weight is 349 g/mol. The van der Waals surface area contributed by atoms with Crippen molar-refractivity contribution in [2.45, 2.75) is 19.3 Å². The Bertz CT molecular complexity index is 684. The third kappa shape index (κ3) is 4.07. The van der Waals surface area contributed by atoms with E-state index in [1.165, 1.54) is 16.3 Å². The largest absolute Gasteiger partial charge is 0.381 e. The summed E-state index contributed by atoms with van der Waals surface area (Å²) in [7, 11) is 0. The van der Waals surface area contributed by atoms with E-state index in [-0.39, 0.29) is 18.3 Å². The molecule has 0 radical (unpaired) electrons. The minimum atomic E-state index is -0.443. The Morgan fingerprint density at radius 3 is 2.54 bits per heavy atom. The molecule has 5 heteroatoms. The van der Waals surface area contributed by atoms with Gasteiger partial charge in [-0.2, -0.15) is 0 Å². The minimum Gasteiger partial charge on any atom is -0.381 e. The lowest BCUT2D eigenvalue weighted by atomic mass is 9.79. The number of hydrogen-bond donors (Lipinski definition) is 2. The molecule has 0 unspecified atom stereocenters. The van der Waals surface area contributed by atoms with E-state index in [2.05, 4.69) is 35.6 Å². The van der Waals surface area contributed by atoms with E-state index in [1.807, 2.05) is 12.1 Å². The first-order chi connectivity index (χ1) is 11.2. The van der Waals surface area contributed by atoms with Crippen LogP contribution < -0.4 is 11.1 Å². The number of carbonyl (C=O) groups is 1. The third-order valence-corrected chi connectivity index (χ3v) is 4.84. The topological polar surface area (TPSA) is 64.4 Å². The van der Waals surface area contributed by atoms with Crippen molar-refractivity contribution in [2.75, 3.05) is 26.3 Å². The van der Waals surface area contributed by atoms with Gasteiger partial charge < -0.3 is 15.8 Å². The molecule has 0 aliphatic carbocycles. The fourth-order valence-electron chi connectivity index (χ4n) is 3.19. The molecule has 1 amide bonds. The maximum atomic E-state index is 12.5. The Hall–Kier alpha value is -1.62. The van der Waals surface area contributed by atoms with E-state index in [1.54, 1.807) is 0 Å². The Labute approximate surface area is 149 Å². The van der Waals surface area contributed by atoms with Gasteiger partial charge in [-0.05, 0) is 35.6 Å². The lowest BCUT2D eigenvalue weighted by Gasteiger charge is -2.34. The van der Waals surface area contributed by atoms with Crippen LogP contribution in [-0.4, -0.2) is 32.2 Å². The maximum Gasteiger partial charge on any atom is 0.227 e. The molecule has 1 fully saturated rings. The lowest BCUT2D eigenvalue weighted by Crippen LogP contribution is -2.49. The molecule has 0 bridgehead atoms. The number of amides is 1. The highest BCUT2D eigenvalue weighted by atomic mass is 35.5. The highest BCUT2D eigenvalue weighted by molar-refractivity contribution is 5.85. The van der Waals surface area contributed by atoms with E-state index in [0.717, 1.165) is 6.42 Å². The zero-order valence-electron chi connectivity index (χ0n) is 13.8. The molecule has 2 aromatic carbocycles. The number of rotatable bonds is 5. The second-order valence-electron chi connectivity index (χ2n) is 6.28. The van der Waals surface area contributed by atoms with Crippen molar-refractivity contribution in [3.63, 3.8) is 0 Å². The third-order valence-electron chi connectivity index (χ3n) is 4.84. The average Bonchev–Trinajstić information content (AvgIpc) is 2.62. The Balaban J connectivity index is 0.00000208. The number of nitrogens with one attached hydrogen (secondary N) is 1. The van der Waals surface area contributed by atoms with E-state index in [4.69, 9.17) is 10.5 Å². The van der Waals surface area contributed by atoms with Crippen LogP contribution >= 0.6 is 12.4 Å². The SMILES string of the molecule is Cl.NCC1(C(=O)NCCc2ccc3ccccc3c2)CCOCC1. The van der Waals surface area contributed by atoms with Crippen LogP contribution in [-0.2, 0) is 16.0 Å². The lowest BCUT2D eigenvalue weighted by molar-refractivity contribution is -0.135. The van der Waals surface area contributed by atoms with Crippen molar-refractivity contribution in [3.8, 4) is 0 Å². The van der Waals surface area contributed by atoms with Crippen molar-refractivity contribution in [1.29, 1.82) is 0 Å². The molecule has 0 aromatic heterocycles. The smallest absolute Gasteiger partial charge is 0.227 e. The van der Waals surface area contributed by atoms with Crippen molar-refractivity contribution in [2.24, 2.45) is 11.1 Å². The molecular formula is C19H25ClN2O2. The summed E-state index contributed by atoms with van der Waals surface area (Å²) in [5.74, 6) is 0.0732. The van der Waals surface area contributed by atoms with Crippen LogP contribution in [0.25, 0.3) is 10.8 Å². The molecule has 1 aliphatic heterocycles. The van der Waals surface area contributed by atoms with Gasteiger partial charge in [-0.3, -0.25) is 4.79 Å². The van der Waals surface area contributed by atoms with Crippen molar-refractivity contribution in [1.82, 2.24) is 5.32 Å². The molecule has 2 aromatic rings. The summed E-state index contributed by atoms with van der Waals surface area (Å²) in [6.07, 6.45) is 2.25. The summed E-state index contributed by atoms with van der Waals surface area (Å²) >= 11 is 0. The number of hydrogen-bond acceptors (Lipinski definition) is 3. The quantitative estimate of drug-likeness (QED) is 0.873. The van der Waals surface area contributed by atoms with Crippen molar-refractivity contribution < 1.29 is 9.53 Å². The predicted octanol–water partition coefficient (Wildman–Crippen LogP) is 2.68. The molecule has 0 spiro atoms. The predicted molar refractivity (Wildman–Crippen MR) is 99.5 cm³/mol. The number of fused-ring (bicyclic) bond motifs is 1. The van der Waals surface area contributed by atoms with Gasteiger partial charge in [0, 0.05) is 26.3 Å². The Morgan fingerprint density at radius 1 is 1.12 bits per heavy atom. The van der Waals surface area contributed by atoms with Crippen LogP contribution in [0.5, 0.6) is 0 Å². The molecule has 3 N–H and O–H groups in total. The zero-order valence-corrected chi connectivity index (χ0v) is 14.6. The van der Waals surface area contributed by atoms with Gasteiger partial charge in [0.15, 0.2) is 0 Å². The van der Waals surface area contributed by atoms with Gasteiger partial charge in [-0.15, -0.1) is 12.4 Å². The molecule has 1 heterocycles. The maximum absolute atomic E-state index is 12.5. The number of ether oxygens (including phenoxy) is 1. The van der Waals surface area contributed by atoms with Crippen molar-refractivity contribution >= 4 is 29.1 Å². The van der Waals surface area contributed by atoms with Gasteiger partial charge in [0.05, 0.1) is 5.41 Å². The number of benzene rings is 2. The van der Waals surface area contributed by atoms with E-state index >= 15 is 0 Å². The molecule has 1 aliphatic rings. The highest BCUT2D eigenvalue weighted by Gasteiger charge is 2.38. The fourth-order valence-corrected chi connectivity index (χ4v) is 3.19. The minimum absolute atomic E-state index is 0. The van der Waals surface area contributed by atoms with Gasteiger partial charge in [-0.1, -0.05) is 42.5 Å². The second kappa shape index (κ2) is 8.47. The van der Waals surface area contributed by atoms with Gasteiger partial charge in [0.2, 0.25) is 5.91 Å². The van der Waals surface area contributed by atoms with Crippen LogP contribution in [0.15, 0.2) is 42.5 Å². The Kier molecular flexibility index (Phi) is 6.60. The fraction of sp³-hybridized carbons (Fsp3) is 0.421. The van der Waals surface area contributed by atoms with Crippen LogP contribution in [0, 0.1) is 5.41 Å². The molecule has 1 saturated heterocycles. The van der Waals surface area contributed by atoms with Crippen molar-refractivity contribution in [3.05, 3.63) is 48.0 Å². The monoisotopic (exact) mass is 348 g/mol. The molecule has 4 nitrogen and oxygen atoms in total. The zero-order chi connectivity index (χ0) is 16.1. The Morgan fingerprint density at radius 2 is 1.83 bits per heavy atom. The van der Waals surface area contributed by atoms with Gasteiger partial charge in [-0.25, -0.2) is 0 Å². The summed E-state index contributed by atoms with van der Waals surface area (Å²) < 4.78 is 5.36. The van der Waals surface area contributed by atoms with E-state index in [9.17, 15) is 4.79 Å². The van der Waals surface area contributed by atoms with E-state index in [0.29, 0.717) is 39.1 Å². The highest BCUT2D eigenvalue weighted by Crippen LogP contribution is 2.29. The molecular weight excluding hydrogens is 324 g/mol. The first kappa shape index (κ1) is 18.7. The van der Waals surface area contributed by atoms with Gasteiger partial charge in [0.25, 0.3) is 0 Å². The molecule has 0 atom stereocenters. The number of nitrogens with two attached hydrogens (primary N) is 1.